The average molecular weight is 304 g/mol. The van der Waals surface area contributed by atoms with Crippen LogP contribution >= 0.6 is 0 Å². The van der Waals surface area contributed by atoms with Crippen molar-refractivity contribution in [3.05, 3.63) is 35.9 Å². The van der Waals surface area contributed by atoms with E-state index >= 15 is 0 Å². The fourth-order valence-corrected chi connectivity index (χ4v) is 2.97. The van der Waals surface area contributed by atoms with Crippen molar-refractivity contribution >= 4 is 6.03 Å². The molecule has 2 fully saturated rings. The standard InChI is InChI=1S/C17H24N2O3/c1-17(21-9-10-22-17)7-8-18-16(20)19-12-14-11-15(14)13-5-3-2-4-6-13/h2-6,14-15H,7-12H2,1H3,(H2,18,19,20)/t14-,15-/m1/s1. The van der Waals surface area contributed by atoms with Gasteiger partial charge in [-0.05, 0) is 30.7 Å². The zero-order valence-electron chi connectivity index (χ0n) is 13.0. The van der Waals surface area contributed by atoms with E-state index in [0.717, 1.165) is 13.0 Å². The van der Waals surface area contributed by atoms with E-state index in [-0.39, 0.29) is 6.03 Å². The van der Waals surface area contributed by atoms with E-state index < -0.39 is 5.79 Å². The topological polar surface area (TPSA) is 59.6 Å². The van der Waals surface area contributed by atoms with Crippen molar-refractivity contribution < 1.29 is 14.3 Å². The Kier molecular flexibility index (Phi) is 4.64. The Morgan fingerprint density at radius 3 is 2.68 bits per heavy atom. The second-order valence-electron chi connectivity index (χ2n) is 6.23. The quantitative estimate of drug-likeness (QED) is 0.847. The van der Waals surface area contributed by atoms with Crippen LogP contribution in [0, 0.1) is 5.92 Å². The Bertz CT molecular complexity index is 500. The minimum Gasteiger partial charge on any atom is -0.348 e. The van der Waals surface area contributed by atoms with E-state index in [2.05, 4.69) is 34.9 Å². The number of hydrogen-bond acceptors (Lipinski definition) is 3. The molecule has 0 radical (unpaired) electrons. The molecule has 120 valence electrons. The lowest BCUT2D eigenvalue weighted by Gasteiger charge is -2.22. The summed E-state index contributed by atoms with van der Waals surface area (Å²) in [5.74, 6) is 0.621. The van der Waals surface area contributed by atoms with Gasteiger partial charge in [-0.25, -0.2) is 4.79 Å². The van der Waals surface area contributed by atoms with E-state index in [1.54, 1.807) is 0 Å². The molecule has 0 aromatic heterocycles. The van der Waals surface area contributed by atoms with Gasteiger partial charge in [0, 0.05) is 19.5 Å². The molecule has 1 aromatic carbocycles. The second-order valence-corrected chi connectivity index (χ2v) is 6.23. The van der Waals surface area contributed by atoms with Gasteiger partial charge >= 0.3 is 6.03 Å². The summed E-state index contributed by atoms with van der Waals surface area (Å²) >= 11 is 0. The van der Waals surface area contributed by atoms with E-state index in [0.29, 0.717) is 38.0 Å². The highest BCUT2D eigenvalue weighted by Crippen LogP contribution is 2.46. The van der Waals surface area contributed by atoms with Gasteiger partial charge < -0.3 is 20.1 Å². The first kappa shape index (κ1) is 15.3. The first-order chi connectivity index (χ1) is 10.7. The van der Waals surface area contributed by atoms with Gasteiger partial charge in [-0.15, -0.1) is 0 Å². The lowest BCUT2D eigenvalue weighted by Crippen LogP contribution is -2.40. The Morgan fingerprint density at radius 1 is 1.23 bits per heavy atom. The highest BCUT2D eigenvalue weighted by molar-refractivity contribution is 5.73. The number of carbonyl (C=O) groups excluding carboxylic acids is 1. The highest BCUT2D eigenvalue weighted by atomic mass is 16.7. The van der Waals surface area contributed by atoms with Gasteiger partial charge in [0.15, 0.2) is 5.79 Å². The van der Waals surface area contributed by atoms with Crippen LogP contribution in [0.1, 0.15) is 31.2 Å². The SMILES string of the molecule is CC1(CCNC(=O)NC[C@H]2C[C@@H]2c2ccccc2)OCCO1. The van der Waals surface area contributed by atoms with Gasteiger partial charge in [0.1, 0.15) is 0 Å². The number of nitrogens with one attached hydrogen (secondary N) is 2. The summed E-state index contributed by atoms with van der Waals surface area (Å²) < 4.78 is 11.0. The van der Waals surface area contributed by atoms with Gasteiger partial charge in [0.2, 0.25) is 0 Å². The summed E-state index contributed by atoms with van der Waals surface area (Å²) in [5, 5.41) is 5.81. The number of benzene rings is 1. The average Bonchev–Trinajstić information content (AvgIpc) is 3.19. The molecule has 5 nitrogen and oxygen atoms in total. The van der Waals surface area contributed by atoms with Gasteiger partial charge in [-0.1, -0.05) is 30.3 Å². The molecule has 0 spiro atoms. The third-order valence-corrected chi connectivity index (χ3v) is 4.44. The molecule has 1 saturated heterocycles. The zero-order chi connectivity index (χ0) is 15.4. The molecule has 2 aliphatic rings. The number of carbonyl (C=O) groups is 1. The van der Waals surface area contributed by atoms with E-state index in [9.17, 15) is 4.79 Å². The van der Waals surface area contributed by atoms with E-state index in [1.807, 2.05) is 13.0 Å². The molecule has 5 heteroatoms. The van der Waals surface area contributed by atoms with Crippen LogP contribution in [0.25, 0.3) is 0 Å². The van der Waals surface area contributed by atoms with E-state index in [1.165, 1.54) is 5.56 Å². The predicted molar refractivity (Wildman–Crippen MR) is 83.6 cm³/mol. The molecule has 1 aromatic rings. The number of urea groups is 1. The first-order valence-electron chi connectivity index (χ1n) is 8.01. The molecular formula is C17H24N2O3. The summed E-state index contributed by atoms with van der Waals surface area (Å²) in [6.07, 6.45) is 1.82. The summed E-state index contributed by atoms with van der Waals surface area (Å²) in [6.45, 7) is 4.45. The Balaban J connectivity index is 1.30. The first-order valence-corrected chi connectivity index (χ1v) is 8.01. The third-order valence-electron chi connectivity index (χ3n) is 4.44. The van der Waals surface area contributed by atoms with Crippen LogP contribution in [0.5, 0.6) is 0 Å². The van der Waals surface area contributed by atoms with Crippen molar-refractivity contribution in [2.75, 3.05) is 26.3 Å². The van der Waals surface area contributed by atoms with E-state index in [4.69, 9.17) is 9.47 Å². The van der Waals surface area contributed by atoms with Crippen molar-refractivity contribution in [2.45, 2.75) is 31.5 Å². The lowest BCUT2D eigenvalue weighted by molar-refractivity contribution is -0.145. The normalized spacial score (nSPS) is 25.7. The Morgan fingerprint density at radius 2 is 1.95 bits per heavy atom. The van der Waals surface area contributed by atoms with Gasteiger partial charge in [-0.3, -0.25) is 0 Å². The predicted octanol–water partition coefficient (Wildman–Crippen LogP) is 2.24. The molecule has 2 atom stereocenters. The molecule has 1 saturated carbocycles. The van der Waals surface area contributed by atoms with Crippen molar-refractivity contribution in [1.82, 2.24) is 10.6 Å². The van der Waals surface area contributed by atoms with Crippen molar-refractivity contribution in [2.24, 2.45) is 5.92 Å². The van der Waals surface area contributed by atoms with Crippen LogP contribution in [0.15, 0.2) is 30.3 Å². The Labute approximate surface area is 131 Å². The maximum Gasteiger partial charge on any atom is 0.314 e. The van der Waals surface area contributed by atoms with Crippen LogP contribution in [0.4, 0.5) is 4.79 Å². The summed E-state index contributed by atoms with van der Waals surface area (Å²) in [6, 6.07) is 10.4. The van der Waals surface area contributed by atoms with Gasteiger partial charge in [-0.2, -0.15) is 0 Å². The van der Waals surface area contributed by atoms with Crippen LogP contribution in [0.2, 0.25) is 0 Å². The molecule has 2 N–H and O–H groups in total. The van der Waals surface area contributed by atoms with Crippen LogP contribution in [-0.4, -0.2) is 38.1 Å². The fourth-order valence-electron chi connectivity index (χ4n) is 2.97. The largest absolute Gasteiger partial charge is 0.348 e. The van der Waals surface area contributed by atoms with Crippen LogP contribution in [-0.2, 0) is 9.47 Å². The van der Waals surface area contributed by atoms with Crippen molar-refractivity contribution in [3.63, 3.8) is 0 Å². The van der Waals surface area contributed by atoms with Crippen molar-refractivity contribution in [1.29, 1.82) is 0 Å². The number of hydrogen-bond donors (Lipinski definition) is 2. The summed E-state index contributed by atoms with van der Waals surface area (Å²) in [5.41, 5.74) is 1.37. The number of amides is 2. The monoisotopic (exact) mass is 304 g/mol. The van der Waals surface area contributed by atoms with Crippen LogP contribution < -0.4 is 10.6 Å². The van der Waals surface area contributed by atoms with Crippen molar-refractivity contribution in [3.8, 4) is 0 Å². The second kappa shape index (κ2) is 6.67. The molecule has 1 aliphatic heterocycles. The molecule has 1 aliphatic carbocycles. The molecule has 0 bridgehead atoms. The fraction of sp³-hybridized carbons (Fsp3) is 0.588. The maximum atomic E-state index is 11.8. The summed E-state index contributed by atoms with van der Waals surface area (Å²) in [4.78, 5) is 11.8. The van der Waals surface area contributed by atoms with Crippen LogP contribution in [0.3, 0.4) is 0 Å². The molecule has 1 heterocycles. The Hall–Kier alpha value is -1.59. The number of ether oxygens (including phenoxy) is 2. The number of rotatable bonds is 6. The third kappa shape index (κ3) is 3.99. The van der Waals surface area contributed by atoms with Gasteiger partial charge in [0.05, 0.1) is 13.2 Å². The highest BCUT2D eigenvalue weighted by Gasteiger charge is 2.38. The molecule has 3 rings (SSSR count). The lowest BCUT2D eigenvalue weighted by atomic mass is 10.1. The summed E-state index contributed by atoms with van der Waals surface area (Å²) in [7, 11) is 0. The molecular weight excluding hydrogens is 280 g/mol. The molecule has 0 unspecified atom stereocenters. The minimum atomic E-state index is -0.540. The van der Waals surface area contributed by atoms with Gasteiger partial charge in [0.25, 0.3) is 0 Å². The maximum absolute atomic E-state index is 11.8. The minimum absolute atomic E-state index is 0.111. The smallest absolute Gasteiger partial charge is 0.314 e. The molecule has 2 amide bonds. The molecule has 22 heavy (non-hydrogen) atoms. The zero-order valence-corrected chi connectivity index (χ0v) is 13.0.